The Morgan fingerprint density at radius 3 is 2.00 bits per heavy atom. The maximum atomic E-state index is 13.5. The second-order valence-electron chi connectivity index (χ2n) is 5.05. The molecule has 4 nitrogen and oxygen atoms in total. The van der Waals surface area contributed by atoms with Gasteiger partial charge in [-0.1, -0.05) is 0 Å². The zero-order valence-corrected chi connectivity index (χ0v) is 11.2. The van der Waals surface area contributed by atoms with Crippen LogP contribution in [0.15, 0.2) is 12.1 Å². The molecule has 1 amide bonds. The van der Waals surface area contributed by atoms with E-state index in [0.29, 0.717) is 4.90 Å². The van der Waals surface area contributed by atoms with Gasteiger partial charge in [0.25, 0.3) is 5.91 Å². The van der Waals surface area contributed by atoms with Gasteiger partial charge >= 0.3 is 12.1 Å². The number of aliphatic carboxylic acids is 1. The number of carbonyl (C=O) groups excluding carboxylic acids is 1. The molecule has 0 spiro atoms. The van der Waals surface area contributed by atoms with Crippen molar-refractivity contribution in [2.24, 2.45) is 11.8 Å². The summed E-state index contributed by atoms with van der Waals surface area (Å²) in [5, 5.41) is 8.83. The van der Waals surface area contributed by atoms with Crippen molar-refractivity contribution in [3.8, 4) is 0 Å². The van der Waals surface area contributed by atoms with Crippen molar-refractivity contribution in [2.75, 3.05) is 13.1 Å². The Kier molecular flexibility index (Phi) is 4.27. The molecule has 1 aliphatic heterocycles. The van der Waals surface area contributed by atoms with Gasteiger partial charge in [0.2, 0.25) is 0 Å². The van der Waals surface area contributed by atoms with Gasteiger partial charge in [-0.15, -0.1) is 0 Å². The first kappa shape index (κ1) is 17.1. The molecular weight excluding hydrogens is 332 g/mol. The number of hydrogen-bond donors (Lipinski definition) is 1. The van der Waals surface area contributed by atoms with E-state index in [4.69, 9.17) is 5.11 Å². The number of halogens is 6. The summed E-state index contributed by atoms with van der Waals surface area (Å²) in [6.07, 6.45) is -4.89. The maximum Gasteiger partial charge on any atom is 0.394 e. The van der Waals surface area contributed by atoms with E-state index in [-0.39, 0.29) is 12.1 Å². The van der Waals surface area contributed by atoms with Gasteiger partial charge in [0, 0.05) is 25.2 Å². The van der Waals surface area contributed by atoms with Crippen LogP contribution < -0.4 is 0 Å². The standard InChI is InChI=1S/C13H9F6NO3/c14-5-1-8(15)10(9(16)2-5)11(21)20-3-6(12(22)23)7(4-20)13(17,18)19/h1-2,6-7H,3-4H2,(H,22,23)/t6-,7-/m1/s1. The predicted molar refractivity (Wildman–Crippen MR) is 62.9 cm³/mol. The molecule has 126 valence electrons. The average molecular weight is 341 g/mol. The Morgan fingerprint density at radius 1 is 1.09 bits per heavy atom. The highest BCUT2D eigenvalue weighted by Crippen LogP contribution is 2.38. The minimum atomic E-state index is -4.89. The molecule has 1 saturated heterocycles. The van der Waals surface area contributed by atoms with Gasteiger partial charge in [-0.25, -0.2) is 13.2 Å². The zero-order valence-electron chi connectivity index (χ0n) is 11.2. The van der Waals surface area contributed by atoms with Crippen LogP contribution >= 0.6 is 0 Å². The molecule has 0 aromatic heterocycles. The molecule has 1 aliphatic rings. The second-order valence-corrected chi connectivity index (χ2v) is 5.05. The minimum absolute atomic E-state index is 0.211. The van der Waals surface area contributed by atoms with Crippen LogP contribution in [0.2, 0.25) is 0 Å². The van der Waals surface area contributed by atoms with E-state index in [1.165, 1.54) is 0 Å². The van der Waals surface area contributed by atoms with Gasteiger partial charge in [-0.2, -0.15) is 13.2 Å². The summed E-state index contributed by atoms with van der Waals surface area (Å²) in [6.45, 7) is -1.90. The smallest absolute Gasteiger partial charge is 0.394 e. The lowest BCUT2D eigenvalue weighted by Crippen LogP contribution is -2.34. The molecule has 2 atom stereocenters. The Labute approximate surface area is 125 Å². The van der Waals surface area contributed by atoms with Crippen LogP contribution in [0.1, 0.15) is 10.4 Å². The summed E-state index contributed by atoms with van der Waals surface area (Å²) in [4.78, 5) is 23.3. The summed E-state index contributed by atoms with van der Waals surface area (Å²) in [5.74, 6) is -12.0. The topological polar surface area (TPSA) is 57.6 Å². The molecule has 0 unspecified atom stereocenters. The number of benzene rings is 1. The lowest BCUT2D eigenvalue weighted by Gasteiger charge is -2.18. The largest absolute Gasteiger partial charge is 0.481 e. The highest BCUT2D eigenvalue weighted by atomic mass is 19.4. The van der Waals surface area contributed by atoms with Crippen molar-refractivity contribution < 1.29 is 41.0 Å². The fourth-order valence-corrected chi connectivity index (χ4v) is 2.46. The number of carboxylic acid groups (broad SMARTS) is 1. The van der Waals surface area contributed by atoms with Crippen molar-refractivity contribution >= 4 is 11.9 Å². The molecule has 1 heterocycles. The van der Waals surface area contributed by atoms with Crippen LogP contribution in [0.25, 0.3) is 0 Å². The summed E-state index contributed by atoms with van der Waals surface area (Å²) in [5.41, 5.74) is -1.22. The number of hydrogen-bond acceptors (Lipinski definition) is 2. The monoisotopic (exact) mass is 341 g/mol. The van der Waals surface area contributed by atoms with Crippen molar-refractivity contribution in [1.29, 1.82) is 0 Å². The van der Waals surface area contributed by atoms with Gasteiger partial charge in [-0.3, -0.25) is 9.59 Å². The maximum absolute atomic E-state index is 13.5. The molecule has 1 aromatic rings. The third-order valence-electron chi connectivity index (χ3n) is 3.57. The average Bonchev–Trinajstić information content (AvgIpc) is 2.82. The molecule has 23 heavy (non-hydrogen) atoms. The van der Waals surface area contributed by atoms with Crippen LogP contribution in [0, 0.1) is 29.3 Å². The van der Waals surface area contributed by atoms with Crippen LogP contribution in [-0.4, -0.2) is 41.1 Å². The third-order valence-corrected chi connectivity index (χ3v) is 3.57. The number of likely N-dealkylation sites (tertiary alicyclic amines) is 1. The number of nitrogens with zero attached hydrogens (tertiary/aromatic N) is 1. The Hall–Kier alpha value is -2.26. The van der Waals surface area contributed by atoms with Crippen molar-refractivity contribution in [1.82, 2.24) is 4.90 Å². The first-order valence-corrected chi connectivity index (χ1v) is 6.25. The van der Waals surface area contributed by atoms with E-state index in [1.807, 2.05) is 0 Å². The molecule has 0 radical (unpaired) electrons. The molecule has 0 aliphatic carbocycles. The molecule has 1 aromatic carbocycles. The lowest BCUT2D eigenvalue weighted by atomic mass is 9.96. The van der Waals surface area contributed by atoms with Crippen molar-refractivity contribution in [3.05, 3.63) is 35.1 Å². The lowest BCUT2D eigenvalue weighted by molar-refractivity contribution is -0.187. The highest BCUT2D eigenvalue weighted by molar-refractivity contribution is 5.95. The SMILES string of the molecule is O=C(O)[C@@H]1CN(C(=O)c2c(F)cc(F)cc2F)C[C@H]1C(F)(F)F. The minimum Gasteiger partial charge on any atom is -0.481 e. The van der Waals surface area contributed by atoms with E-state index in [9.17, 15) is 35.9 Å². The van der Waals surface area contributed by atoms with Gasteiger partial charge in [0.1, 0.15) is 23.0 Å². The summed E-state index contributed by atoms with van der Waals surface area (Å²) in [6, 6.07) is 0.421. The summed E-state index contributed by atoms with van der Waals surface area (Å²) < 4.78 is 78.3. The number of carboxylic acids is 1. The predicted octanol–water partition coefficient (Wildman–Crippen LogP) is 2.44. The van der Waals surface area contributed by atoms with Gasteiger partial charge in [-0.05, 0) is 0 Å². The highest BCUT2D eigenvalue weighted by Gasteiger charge is 2.53. The molecule has 1 fully saturated rings. The number of amides is 1. The Bertz CT molecular complexity index is 637. The fourth-order valence-electron chi connectivity index (χ4n) is 2.46. The van der Waals surface area contributed by atoms with E-state index in [0.717, 1.165) is 0 Å². The summed E-state index contributed by atoms with van der Waals surface area (Å²) >= 11 is 0. The van der Waals surface area contributed by atoms with Gasteiger partial charge in [0.05, 0.1) is 11.8 Å². The van der Waals surface area contributed by atoms with E-state index < -0.39 is 66.0 Å². The number of rotatable bonds is 2. The molecule has 10 heteroatoms. The zero-order chi connectivity index (χ0) is 17.5. The molecular formula is C13H9F6NO3. The Morgan fingerprint density at radius 2 is 1.61 bits per heavy atom. The summed E-state index contributed by atoms with van der Waals surface area (Å²) in [7, 11) is 0. The first-order valence-electron chi connectivity index (χ1n) is 6.25. The van der Waals surface area contributed by atoms with Crippen molar-refractivity contribution in [2.45, 2.75) is 6.18 Å². The van der Waals surface area contributed by atoms with E-state index >= 15 is 0 Å². The third kappa shape index (κ3) is 3.25. The van der Waals surface area contributed by atoms with Crippen LogP contribution in [0.4, 0.5) is 26.3 Å². The van der Waals surface area contributed by atoms with E-state index in [2.05, 4.69) is 0 Å². The van der Waals surface area contributed by atoms with Gasteiger partial charge in [0.15, 0.2) is 0 Å². The molecule has 1 N–H and O–H groups in total. The van der Waals surface area contributed by atoms with E-state index in [1.54, 1.807) is 0 Å². The number of carbonyl (C=O) groups is 2. The van der Waals surface area contributed by atoms with Crippen LogP contribution in [0.3, 0.4) is 0 Å². The molecule has 2 rings (SSSR count). The van der Waals surface area contributed by atoms with Crippen LogP contribution in [-0.2, 0) is 4.79 Å². The van der Waals surface area contributed by atoms with Crippen molar-refractivity contribution in [3.63, 3.8) is 0 Å². The molecule has 0 saturated carbocycles. The molecule has 0 bridgehead atoms. The fraction of sp³-hybridized carbons (Fsp3) is 0.385. The van der Waals surface area contributed by atoms with Crippen LogP contribution in [0.5, 0.6) is 0 Å². The number of alkyl halides is 3. The van der Waals surface area contributed by atoms with Gasteiger partial charge < -0.3 is 10.0 Å². The Balaban J connectivity index is 2.33. The first-order chi connectivity index (χ1) is 10.5. The quantitative estimate of drug-likeness (QED) is 0.841. The second kappa shape index (κ2) is 5.74. The normalized spacial score (nSPS) is 21.6.